The van der Waals surface area contributed by atoms with Crippen LogP contribution in [0.2, 0.25) is 0 Å². The Bertz CT molecular complexity index is 1270. The highest BCUT2D eigenvalue weighted by atomic mass is 19.1. The zero-order valence-electron chi connectivity index (χ0n) is 20.9. The van der Waals surface area contributed by atoms with Crippen LogP contribution >= 0.6 is 0 Å². The fourth-order valence-corrected chi connectivity index (χ4v) is 3.82. The number of aryl methyl sites for hydroxylation is 2. The molecule has 0 amide bonds. The minimum atomic E-state index is -0.490. The summed E-state index contributed by atoms with van der Waals surface area (Å²) >= 11 is 0. The number of nitro groups is 2. The van der Waals surface area contributed by atoms with E-state index >= 15 is 0 Å². The Labute approximate surface area is 207 Å². The van der Waals surface area contributed by atoms with Gasteiger partial charge in [-0.1, -0.05) is 6.07 Å². The lowest BCUT2D eigenvalue weighted by Gasteiger charge is -2.16. The van der Waals surface area contributed by atoms with E-state index in [4.69, 9.17) is 0 Å². The van der Waals surface area contributed by atoms with Crippen LogP contribution in [-0.2, 0) is 0 Å². The normalized spacial score (nSPS) is 11.9. The molecule has 0 atom stereocenters. The third-order valence-corrected chi connectivity index (χ3v) is 5.42. The maximum absolute atomic E-state index is 14.1. The second-order valence-electron chi connectivity index (χ2n) is 8.75. The molecule has 1 aromatic carbocycles. The summed E-state index contributed by atoms with van der Waals surface area (Å²) in [6.07, 6.45) is 6.10. The molecule has 11 nitrogen and oxygen atoms in total. The molecule has 0 aliphatic carbocycles. The number of benzene rings is 1. The zero-order valence-corrected chi connectivity index (χ0v) is 20.9. The molecule has 36 heavy (non-hydrogen) atoms. The van der Waals surface area contributed by atoms with E-state index in [0.717, 1.165) is 0 Å². The van der Waals surface area contributed by atoms with Gasteiger partial charge < -0.3 is 4.90 Å². The van der Waals surface area contributed by atoms with Crippen molar-refractivity contribution in [3.05, 3.63) is 85.5 Å². The molecular formula is C24H28FN7O4. The lowest BCUT2D eigenvalue weighted by Crippen LogP contribution is -2.10. The van der Waals surface area contributed by atoms with E-state index < -0.39 is 15.7 Å². The van der Waals surface area contributed by atoms with Crippen LogP contribution in [0.3, 0.4) is 0 Å². The summed E-state index contributed by atoms with van der Waals surface area (Å²) in [5, 5.41) is 32.0. The van der Waals surface area contributed by atoms with Gasteiger partial charge in [-0.25, -0.2) is 4.39 Å². The molecule has 0 aliphatic heterocycles. The van der Waals surface area contributed by atoms with Crippen molar-refractivity contribution in [1.29, 1.82) is 0 Å². The van der Waals surface area contributed by atoms with Gasteiger partial charge in [0, 0.05) is 30.2 Å². The summed E-state index contributed by atoms with van der Waals surface area (Å²) in [7, 11) is 0. The van der Waals surface area contributed by atoms with Crippen molar-refractivity contribution < 1.29 is 14.2 Å². The van der Waals surface area contributed by atoms with E-state index in [1.54, 1.807) is 29.3 Å². The number of rotatable bonds is 9. The van der Waals surface area contributed by atoms with Crippen LogP contribution in [-0.4, -0.2) is 29.4 Å². The quantitative estimate of drug-likeness (QED) is 0.264. The first-order valence-electron chi connectivity index (χ1n) is 11.3. The maximum atomic E-state index is 14.1. The number of aromatic nitrogens is 4. The van der Waals surface area contributed by atoms with Crippen LogP contribution in [0.1, 0.15) is 62.6 Å². The van der Waals surface area contributed by atoms with E-state index in [-0.39, 0.29) is 46.2 Å². The second-order valence-corrected chi connectivity index (χ2v) is 8.75. The van der Waals surface area contributed by atoms with Crippen LogP contribution in [0.15, 0.2) is 36.7 Å². The average Bonchev–Trinajstić information content (AvgIpc) is 3.30. The molecule has 0 radical (unpaired) electrons. The van der Waals surface area contributed by atoms with Gasteiger partial charge in [-0.2, -0.15) is 10.2 Å². The van der Waals surface area contributed by atoms with Gasteiger partial charge in [0.1, 0.15) is 28.6 Å². The Hall–Kier alpha value is -4.35. The largest absolute Gasteiger partial charge is 0.324 e. The number of halogens is 1. The Morgan fingerprint density at radius 1 is 0.889 bits per heavy atom. The van der Waals surface area contributed by atoms with Crippen molar-refractivity contribution in [3.63, 3.8) is 0 Å². The molecule has 2 heterocycles. The Balaban J connectivity index is 2.16. The smallest absolute Gasteiger partial charge is 0.317 e. The van der Waals surface area contributed by atoms with Crippen LogP contribution in [0, 0.1) is 39.9 Å². The fraction of sp³-hybridized carbons (Fsp3) is 0.333. The monoisotopic (exact) mass is 497 g/mol. The number of hydrogen-bond acceptors (Lipinski definition) is 7. The molecular weight excluding hydrogens is 469 g/mol. The second kappa shape index (κ2) is 10.5. The maximum Gasteiger partial charge on any atom is 0.317 e. The van der Waals surface area contributed by atoms with Gasteiger partial charge >= 0.3 is 11.4 Å². The summed E-state index contributed by atoms with van der Waals surface area (Å²) in [5.74, 6) is -0.484. The molecule has 0 aliphatic rings. The van der Waals surface area contributed by atoms with Gasteiger partial charge in [0.05, 0.1) is 9.85 Å². The highest BCUT2D eigenvalue weighted by Crippen LogP contribution is 2.30. The fourth-order valence-electron chi connectivity index (χ4n) is 3.82. The molecule has 0 bridgehead atoms. The van der Waals surface area contributed by atoms with Gasteiger partial charge in [0.2, 0.25) is 0 Å². The molecule has 0 fully saturated rings. The van der Waals surface area contributed by atoms with Crippen LogP contribution < -0.4 is 4.90 Å². The number of nitrogens with zero attached hydrogens (tertiary/aromatic N) is 7. The van der Waals surface area contributed by atoms with E-state index in [2.05, 4.69) is 10.2 Å². The SMILES string of the molecule is Cc1nn(C(C)C)c(/C=C/N(/C=C/c2c([N+](=O)[O-])c(C)nn2C(C)C)c2cccc(F)c2)c1[N+](=O)[O-]. The van der Waals surface area contributed by atoms with Crippen molar-refractivity contribution in [1.82, 2.24) is 19.6 Å². The Morgan fingerprint density at radius 3 is 1.69 bits per heavy atom. The first kappa shape index (κ1) is 26.3. The van der Waals surface area contributed by atoms with Crippen molar-refractivity contribution in [3.8, 4) is 0 Å². The molecule has 0 spiro atoms. The van der Waals surface area contributed by atoms with Gasteiger partial charge in [-0.3, -0.25) is 29.6 Å². The van der Waals surface area contributed by atoms with Crippen molar-refractivity contribution >= 4 is 29.2 Å². The van der Waals surface area contributed by atoms with Gasteiger partial charge in [-0.05, 0) is 71.9 Å². The first-order valence-corrected chi connectivity index (χ1v) is 11.3. The van der Waals surface area contributed by atoms with E-state index in [0.29, 0.717) is 5.69 Å². The molecule has 0 saturated carbocycles. The minimum Gasteiger partial charge on any atom is -0.324 e. The average molecular weight is 498 g/mol. The third kappa shape index (κ3) is 5.32. The summed E-state index contributed by atoms with van der Waals surface area (Å²) in [4.78, 5) is 24.0. The highest BCUT2D eigenvalue weighted by Gasteiger charge is 2.26. The van der Waals surface area contributed by atoms with Crippen LogP contribution in [0.5, 0.6) is 0 Å². The van der Waals surface area contributed by atoms with Gasteiger partial charge in [0.15, 0.2) is 0 Å². The summed E-state index contributed by atoms with van der Waals surface area (Å²) < 4.78 is 17.1. The predicted octanol–water partition coefficient (Wildman–Crippen LogP) is 5.96. The molecule has 0 saturated heterocycles. The lowest BCUT2D eigenvalue weighted by molar-refractivity contribution is -0.385. The van der Waals surface area contributed by atoms with E-state index in [1.165, 1.54) is 47.7 Å². The molecule has 0 N–H and O–H groups in total. The molecule has 190 valence electrons. The topological polar surface area (TPSA) is 125 Å². The molecule has 12 heteroatoms. The Kier molecular flexibility index (Phi) is 7.66. The Morgan fingerprint density at radius 2 is 1.33 bits per heavy atom. The standard InChI is InChI=1S/C24H28FN7O4/c1-15(2)29-21(23(31(33)34)17(5)26-29)10-12-28(20-9-7-8-19(25)14-20)13-11-22-24(32(35)36)18(6)27-30(22)16(3)4/h7-16H,1-6H3/b12-10+,13-11+. The minimum absolute atomic E-state index is 0.132. The summed E-state index contributed by atoms with van der Waals surface area (Å²) in [5.41, 5.74) is 1.24. The van der Waals surface area contributed by atoms with Crippen molar-refractivity contribution in [2.45, 2.75) is 53.6 Å². The van der Waals surface area contributed by atoms with E-state index in [1.807, 2.05) is 27.7 Å². The zero-order chi connectivity index (χ0) is 26.7. The molecule has 3 aromatic rings. The molecule has 0 unspecified atom stereocenters. The van der Waals surface area contributed by atoms with Crippen LogP contribution in [0.4, 0.5) is 21.5 Å². The lowest BCUT2D eigenvalue weighted by atomic mass is 10.2. The van der Waals surface area contributed by atoms with Gasteiger partial charge in [0.25, 0.3) is 0 Å². The van der Waals surface area contributed by atoms with Crippen molar-refractivity contribution in [2.75, 3.05) is 4.90 Å². The van der Waals surface area contributed by atoms with E-state index in [9.17, 15) is 24.6 Å². The molecule has 2 aromatic heterocycles. The number of anilines is 1. The molecule has 3 rings (SSSR count). The predicted molar refractivity (Wildman–Crippen MR) is 135 cm³/mol. The van der Waals surface area contributed by atoms with Crippen molar-refractivity contribution in [2.24, 2.45) is 0 Å². The first-order chi connectivity index (χ1) is 16.9. The summed E-state index contributed by atoms with van der Waals surface area (Å²) in [6.45, 7) is 10.5. The number of hydrogen-bond donors (Lipinski definition) is 0. The highest BCUT2D eigenvalue weighted by molar-refractivity contribution is 5.68. The van der Waals surface area contributed by atoms with Crippen LogP contribution in [0.25, 0.3) is 12.2 Å². The third-order valence-electron chi connectivity index (χ3n) is 5.42. The van der Waals surface area contributed by atoms with Gasteiger partial charge in [-0.15, -0.1) is 0 Å². The summed E-state index contributed by atoms with van der Waals surface area (Å²) in [6, 6.07) is 5.45.